The first kappa shape index (κ1) is 19.6. The summed E-state index contributed by atoms with van der Waals surface area (Å²) >= 11 is 0. The molecule has 0 amide bonds. The van der Waals surface area contributed by atoms with Crippen LogP contribution in [0.3, 0.4) is 0 Å². The lowest BCUT2D eigenvalue weighted by Crippen LogP contribution is -2.40. The minimum absolute atomic E-state index is 0.194. The van der Waals surface area contributed by atoms with Gasteiger partial charge in [0.2, 0.25) is 0 Å². The molecule has 10 heteroatoms. The molecule has 10 nitrogen and oxygen atoms in total. The third-order valence-corrected chi connectivity index (χ3v) is 5.44. The maximum Gasteiger partial charge on any atom is 0.352 e. The molecule has 0 saturated carbocycles. The number of hydrogen-bond donors (Lipinski definition) is 0. The predicted octanol–water partition coefficient (Wildman–Crippen LogP) is 1.11. The highest BCUT2D eigenvalue weighted by Crippen LogP contribution is 2.17. The number of ether oxygens (including phenoxy) is 2. The van der Waals surface area contributed by atoms with Crippen LogP contribution in [0.15, 0.2) is 41.6 Å². The van der Waals surface area contributed by atoms with Gasteiger partial charge in [0.05, 0.1) is 38.3 Å². The fourth-order valence-corrected chi connectivity index (χ4v) is 3.91. The van der Waals surface area contributed by atoms with Gasteiger partial charge in [-0.05, 0) is 24.6 Å². The molecular formula is C21H23N7O3. The molecule has 0 bridgehead atoms. The molecule has 5 rings (SSSR count). The number of morpholine rings is 1. The van der Waals surface area contributed by atoms with Crippen LogP contribution in [0.25, 0.3) is 16.8 Å². The van der Waals surface area contributed by atoms with Gasteiger partial charge in [0, 0.05) is 19.6 Å². The molecule has 1 aromatic carbocycles. The highest BCUT2D eigenvalue weighted by atomic mass is 16.5. The molecule has 0 N–H and O–H groups in total. The summed E-state index contributed by atoms with van der Waals surface area (Å²) in [6, 6.07) is 7.57. The van der Waals surface area contributed by atoms with E-state index in [1.165, 1.54) is 10.8 Å². The first-order chi connectivity index (χ1) is 15.1. The Hall–Kier alpha value is -3.37. The van der Waals surface area contributed by atoms with Gasteiger partial charge in [-0.3, -0.25) is 9.47 Å². The Bertz CT molecular complexity index is 1280. The zero-order chi connectivity index (χ0) is 21.4. The standard InChI is InChI=1S/C21H23N7O3/c1-14-10-26(7-8-31-14)12-16-9-22-19-18(25-16)20-23-13-24-28(20)21(29)27(19)11-15-3-5-17(30-2)6-4-15/h3-6,9,13-14H,7-8,10-12H2,1-2H3. The summed E-state index contributed by atoms with van der Waals surface area (Å²) in [5, 5.41) is 4.11. The second-order valence-electron chi connectivity index (χ2n) is 7.66. The van der Waals surface area contributed by atoms with Crippen LogP contribution in [0.5, 0.6) is 5.75 Å². The van der Waals surface area contributed by atoms with E-state index >= 15 is 0 Å². The normalized spacial score (nSPS) is 17.4. The number of fused-ring (bicyclic) bond motifs is 3. The molecule has 3 aromatic heterocycles. The SMILES string of the molecule is COc1ccc(Cn2c(=O)n3ncnc3c3nc(CN4CCOC(C)C4)cnc32)cc1. The smallest absolute Gasteiger partial charge is 0.352 e. The largest absolute Gasteiger partial charge is 0.497 e. The number of nitrogens with zero attached hydrogens (tertiary/aromatic N) is 7. The average Bonchev–Trinajstić information content (AvgIpc) is 3.28. The van der Waals surface area contributed by atoms with Crippen molar-refractivity contribution in [1.29, 1.82) is 0 Å². The van der Waals surface area contributed by atoms with E-state index in [1.54, 1.807) is 17.9 Å². The third-order valence-electron chi connectivity index (χ3n) is 5.44. The van der Waals surface area contributed by atoms with Crippen molar-refractivity contribution < 1.29 is 9.47 Å². The molecule has 4 heterocycles. The minimum Gasteiger partial charge on any atom is -0.497 e. The lowest BCUT2D eigenvalue weighted by atomic mass is 10.2. The molecular weight excluding hydrogens is 398 g/mol. The molecule has 1 fully saturated rings. The van der Waals surface area contributed by atoms with E-state index in [-0.39, 0.29) is 11.8 Å². The highest BCUT2D eigenvalue weighted by molar-refractivity contribution is 5.84. The monoisotopic (exact) mass is 421 g/mol. The van der Waals surface area contributed by atoms with Gasteiger partial charge >= 0.3 is 5.69 Å². The fourth-order valence-electron chi connectivity index (χ4n) is 3.91. The quantitative estimate of drug-likeness (QED) is 0.473. The average molecular weight is 421 g/mol. The zero-order valence-corrected chi connectivity index (χ0v) is 17.4. The van der Waals surface area contributed by atoms with Gasteiger partial charge in [-0.1, -0.05) is 12.1 Å². The van der Waals surface area contributed by atoms with Crippen molar-refractivity contribution in [3.8, 4) is 5.75 Å². The van der Waals surface area contributed by atoms with Crippen LogP contribution in [0.2, 0.25) is 0 Å². The van der Waals surface area contributed by atoms with E-state index in [9.17, 15) is 4.79 Å². The second-order valence-corrected chi connectivity index (χ2v) is 7.66. The van der Waals surface area contributed by atoms with Gasteiger partial charge in [0.25, 0.3) is 0 Å². The minimum atomic E-state index is -0.306. The van der Waals surface area contributed by atoms with Crippen molar-refractivity contribution in [2.45, 2.75) is 26.1 Å². The van der Waals surface area contributed by atoms with Crippen LogP contribution >= 0.6 is 0 Å². The summed E-state index contributed by atoms with van der Waals surface area (Å²) in [6.45, 7) is 5.46. The van der Waals surface area contributed by atoms with Gasteiger partial charge in [0.1, 0.15) is 12.1 Å². The van der Waals surface area contributed by atoms with Crippen molar-refractivity contribution >= 4 is 16.8 Å². The van der Waals surface area contributed by atoms with Crippen LogP contribution in [-0.2, 0) is 17.8 Å². The Morgan fingerprint density at radius 1 is 1.16 bits per heavy atom. The Kier molecular flexibility index (Phi) is 5.08. The third kappa shape index (κ3) is 3.75. The molecule has 1 saturated heterocycles. The van der Waals surface area contributed by atoms with Crippen molar-refractivity contribution in [2.24, 2.45) is 0 Å². The summed E-state index contributed by atoms with van der Waals surface area (Å²) in [5.74, 6) is 0.759. The van der Waals surface area contributed by atoms with E-state index in [1.807, 2.05) is 24.3 Å². The van der Waals surface area contributed by atoms with Crippen LogP contribution in [-0.4, -0.2) is 66.9 Å². The zero-order valence-electron chi connectivity index (χ0n) is 17.4. The van der Waals surface area contributed by atoms with Crippen LogP contribution < -0.4 is 10.4 Å². The lowest BCUT2D eigenvalue weighted by molar-refractivity contribution is -0.0215. The molecule has 160 valence electrons. The maximum atomic E-state index is 13.1. The maximum absolute atomic E-state index is 13.1. The van der Waals surface area contributed by atoms with Gasteiger partial charge in [0.15, 0.2) is 16.8 Å². The molecule has 1 unspecified atom stereocenters. The van der Waals surface area contributed by atoms with Crippen LogP contribution in [0.4, 0.5) is 0 Å². The molecule has 1 aliphatic heterocycles. The molecule has 4 aromatic rings. The predicted molar refractivity (Wildman–Crippen MR) is 113 cm³/mol. The molecule has 1 atom stereocenters. The van der Waals surface area contributed by atoms with Gasteiger partial charge < -0.3 is 9.47 Å². The fraction of sp³-hybridized carbons (Fsp3) is 0.381. The molecule has 0 spiro atoms. The Labute approximate surface area is 178 Å². The summed E-state index contributed by atoms with van der Waals surface area (Å²) in [6.07, 6.45) is 3.30. The van der Waals surface area contributed by atoms with E-state index in [0.717, 1.165) is 30.1 Å². The summed E-state index contributed by atoms with van der Waals surface area (Å²) in [4.78, 5) is 29.1. The van der Waals surface area contributed by atoms with E-state index in [2.05, 4.69) is 26.9 Å². The van der Waals surface area contributed by atoms with Gasteiger partial charge in [-0.15, -0.1) is 0 Å². The first-order valence-corrected chi connectivity index (χ1v) is 10.2. The number of methoxy groups -OCH3 is 1. The number of benzene rings is 1. The van der Waals surface area contributed by atoms with Crippen LogP contribution in [0.1, 0.15) is 18.2 Å². The van der Waals surface area contributed by atoms with Crippen molar-refractivity contribution in [3.63, 3.8) is 0 Å². The van der Waals surface area contributed by atoms with Crippen molar-refractivity contribution in [3.05, 3.63) is 58.5 Å². The number of aromatic nitrogens is 6. The molecule has 0 radical (unpaired) electrons. The van der Waals surface area contributed by atoms with E-state index in [0.29, 0.717) is 36.5 Å². The van der Waals surface area contributed by atoms with Crippen molar-refractivity contribution in [2.75, 3.05) is 26.8 Å². The molecule has 31 heavy (non-hydrogen) atoms. The summed E-state index contributed by atoms with van der Waals surface area (Å²) in [5.41, 5.74) is 2.92. The first-order valence-electron chi connectivity index (χ1n) is 10.2. The molecule has 1 aliphatic rings. The number of rotatable bonds is 5. The lowest BCUT2D eigenvalue weighted by Gasteiger charge is -2.30. The number of hydrogen-bond acceptors (Lipinski definition) is 8. The Balaban J connectivity index is 1.56. The van der Waals surface area contributed by atoms with Crippen molar-refractivity contribution in [1.82, 2.24) is 34.0 Å². The summed E-state index contributed by atoms with van der Waals surface area (Å²) in [7, 11) is 1.62. The summed E-state index contributed by atoms with van der Waals surface area (Å²) < 4.78 is 13.7. The van der Waals surface area contributed by atoms with E-state index in [4.69, 9.17) is 14.5 Å². The van der Waals surface area contributed by atoms with Gasteiger partial charge in [-0.25, -0.2) is 19.7 Å². The second kappa shape index (κ2) is 8.05. The Morgan fingerprint density at radius 2 is 2.00 bits per heavy atom. The highest BCUT2D eigenvalue weighted by Gasteiger charge is 2.19. The Morgan fingerprint density at radius 3 is 2.77 bits per heavy atom. The molecule has 0 aliphatic carbocycles. The van der Waals surface area contributed by atoms with Gasteiger partial charge in [-0.2, -0.15) is 9.61 Å². The topological polar surface area (TPSA) is 99.7 Å². The van der Waals surface area contributed by atoms with E-state index < -0.39 is 0 Å². The van der Waals surface area contributed by atoms with Crippen LogP contribution in [0, 0.1) is 0 Å².